The molecule has 4 nitrogen and oxygen atoms in total. The number of rotatable bonds is 6. The fourth-order valence-electron chi connectivity index (χ4n) is 3.09. The van der Waals surface area contributed by atoms with Crippen molar-refractivity contribution in [3.8, 4) is 22.7 Å². The zero-order chi connectivity index (χ0) is 19.4. The first-order valence-corrected chi connectivity index (χ1v) is 9.34. The summed E-state index contributed by atoms with van der Waals surface area (Å²) in [6.45, 7) is 4.62. The lowest BCUT2D eigenvalue weighted by atomic mass is 10.1. The van der Waals surface area contributed by atoms with E-state index in [1.807, 2.05) is 73.0 Å². The number of ether oxygens (including phenoxy) is 1. The number of halogens is 1. The van der Waals surface area contributed by atoms with E-state index in [1.54, 1.807) is 7.11 Å². The molecule has 3 aromatic rings. The highest BCUT2D eigenvalue weighted by molar-refractivity contribution is 6.32. The van der Waals surface area contributed by atoms with Gasteiger partial charge in [-0.3, -0.25) is 4.79 Å². The van der Waals surface area contributed by atoms with Crippen LogP contribution in [0.4, 0.5) is 0 Å². The number of carbonyl (C=O) groups excluding carboxylic acids is 1. The van der Waals surface area contributed by atoms with E-state index in [4.69, 9.17) is 16.3 Å². The minimum absolute atomic E-state index is 0.0742. The summed E-state index contributed by atoms with van der Waals surface area (Å²) in [5.41, 5.74) is 4.23. The third-order valence-electron chi connectivity index (χ3n) is 4.51. The highest BCUT2D eigenvalue weighted by Gasteiger charge is 2.20. The first-order valence-electron chi connectivity index (χ1n) is 8.96. The largest absolute Gasteiger partial charge is 0.497 e. The van der Waals surface area contributed by atoms with Crippen LogP contribution in [0.25, 0.3) is 16.9 Å². The maximum atomic E-state index is 12.7. The van der Waals surface area contributed by atoms with Crippen LogP contribution in [0.15, 0.2) is 54.6 Å². The number of hydrogen-bond donors (Lipinski definition) is 1. The molecule has 1 N–H and O–H groups in total. The molecule has 0 aliphatic heterocycles. The Balaban J connectivity index is 2.18. The smallest absolute Gasteiger partial charge is 0.253 e. The number of nitrogens with zero attached hydrogens (tertiary/aromatic N) is 1. The third kappa shape index (κ3) is 3.86. The number of hydrogen-bond acceptors (Lipinski definition) is 2. The van der Waals surface area contributed by atoms with Crippen LogP contribution in [0.3, 0.4) is 0 Å². The van der Waals surface area contributed by atoms with Crippen molar-refractivity contribution in [1.29, 1.82) is 0 Å². The zero-order valence-electron chi connectivity index (χ0n) is 15.8. The molecule has 0 radical (unpaired) electrons. The Morgan fingerprint density at radius 2 is 1.85 bits per heavy atom. The predicted octanol–water partition coefficient (Wildman–Crippen LogP) is 5.25. The van der Waals surface area contributed by atoms with Crippen LogP contribution in [0.2, 0.25) is 5.02 Å². The van der Waals surface area contributed by atoms with Crippen LogP contribution < -0.4 is 10.1 Å². The molecular weight excluding hydrogens is 360 g/mol. The number of methoxy groups -OCH3 is 1. The summed E-state index contributed by atoms with van der Waals surface area (Å²) in [5.74, 6) is 0.710. The van der Waals surface area contributed by atoms with Crippen molar-refractivity contribution in [2.75, 3.05) is 13.7 Å². The monoisotopic (exact) mass is 382 g/mol. The second-order valence-corrected chi connectivity index (χ2v) is 6.71. The van der Waals surface area contributed by atoms with E-state index in [1.165, 1.54) is 0 Å². The number of para-hydroxylation sites is 1. The number of amides is 1. The van der Waals surface area contributed by atoms with E-state index in [0.717, 1.165) is 34.8 Å². The normalized spacial score (nSPS) is 10.7. The van der Waals surface area contributed by atoms with Crippen molar-refractivity contribution >= 4 is 17.5 Å². The lowest BCUT2D eigenvalue weighted by molar-refractivity contribution is 0.0953. The summed E-state index contributed by atoms with van der Waals surface area (Å²) in [7, 11) is 1.64. The van der Waals surface area contributed by atoms with E-state index >= 15 is 0 Å². The van der Waals surface area contributed by atoms with Gasteiger partial charge in [-0.05, 0) is 61.4 Å². The fraction of sp³-hybridized carbons (Fsp3) is 0.227. The third-order valence-corrected chi connectivity index (χ3v) is 4.83. The minimum Gasteiger partial charge on any atom is -0.497 e. The zero-order valence-corrected chi connectivity index (χ0v) is 16.5. The number of aromatic nitrogens is 1. The molecule has 1 amide bonds. The lowest BCUT2D eigenvalue weighted by Crippen LogP contribution is -2.24. The van der Waals surface area contributed by atoms with E-state index in [9.17, 15) is 4.79 Å². The maximum absolute atomic E-state index is 12.7. The molecule has 0 saturated heterocycles. The van der Waals surface area contributed by atoms with Gasteiger partial charge in [-0.1, -0.05) is 30.7 Å². The molecule has 0 aliphatic rings. The molecule has 1 heterocycles. The first kappa shape index (κ1) is 19.1. The minimum atomic E-state index is -0.0742. The summed E-state index contributed by atoms with van der Waals surface area (Å²) in [6.07, 6.45) is 0.890. The van der Waals surface area contributed by atoms with Gasteiger partial charge in [0.05, 0.1) is 29.1 Å². The van der Waals surface area contributed by atoms with Crippen LogP contribution in [-0.4, -0.2) is 24.1 Å². The molecule has 5 heteroatoms. The van der Waals surface area contributed by atoms with Gasteiger partial charge in [0.15, 0.2) is 0 Å². The molecule has 0 atom stereocenters. The second-order valence-electron chi connectivity index (χ2n) is 6.30. The average Bonchev–Trinajstić information content (AvgIpc) is 3.03. The van der Waals surface area contributed by atoms with Gasteiger partial charge in [-0.25, -0.2) is 0 Å². The van der Waals surface area contributed by atoms with E-state index in [2.05, 4.69) is 5.32 Å². The Hall–Kier alpha value is -2.72. The molecule has 0 bridgehead atoms. The molecular formula is C22H23ClN2O2. The Morgan fingerprint density at radius 3 is 2.48 bits per heavy atom. The van der Waals surface area contributed by atoms with E-state index in [-0.39, 0.29) is 5.91 Å². The van der Waals surface area contributed by atoms with Gasteiger partial charge >= 0.3 is 0 Å². The van der Waals surface area contributed by atoms with Gasteiger partial charge in [0, 0.05) is 12.2 Å². The summed E-state index contributed by atoms with van der Waals surface area (Å²) in [4.78, 5) is 12.7. The average molecular weight is 383 g/mol. The molecule has 3 rings (SSSR count). The Bertz CT molecular complexity index is 945. The molecule has 1 aromatic heterocycles. The Labute approximate surface area is 164 Å². The number of carbonyl (C=O) groups is 1. The van der Waals surface area contributed by atoms with Crippen LogP contribution in [0, 0.1) is 6.92 Å². The molecule has 0 saturated carbocycles. The highest BCUT2D eigenvalue weighted by atomic mass is 35.5. The van der Waals surface area contributed by atoms with Gasteiger partial charge in [0.2, 0.25) is 0 Å². The fourth-order valence-corrected chi connectivity index (χ4v) is 3.31. The molecule has 140 valence electrons. The summed E-state index contributed by atoms with van der Waals surface area (Å²) < 4.78 is 7.29. The molecule has 2 aromatic carbocycles. The molecule has 0 unspecified atom stereocenters. The van der Waals surface area contributed by atoms with Gasteiger partial charge in [-0.2, -0.15) is 0 Å². The Kier molecular flexibility index (Phi) is 5.87. The quantitative estimate of drug-likeness (QED) is 0.632. The van der Waals surface area contributed by atoms with Gasteiger partial charge in [0.1, 0.15) is 5.75 Å². The molecule has 0 aliphatic carbocycles. The van der Waals surface area contributed by atoms with Crippen molar-refractivity contribution < 1.29 is 9.53 Å². The second kappa shape index (κ2) is 8.31. The highest BCUT2D eigenvalue weighted by Crippen LogP contribution is 2.33. The molecule has 0 fully saturated rings. The van der Waals surface area contributed by atoms with Gasteiger partial charge in [0.25, 0.3) is 5.91 Å². The van der Waals surface area contributed by atoms with E-state index in [0.29, 0.717) is 17.1 Å². The van der Waals surface area contributed by atoms with Crippen LogP contribution in [-0.2, 0) is 0 Å². The lowest BCUT2D eigenvalue weighted by Gasteiger charge is -2.14. The van der Waals surface area contributed by atoms with Crippen molar-refractivity contribution in [3.63, 3.8) is 0 Å². The van der Waals surface area contributed by atoms with Crippen molar-refractivity contribution in [1.82, 2.24) is 9.88 Å². The Morgan fingerprint density at radius 1 is 1.15 bits per heavy atom. The summed E-state index contributed by atoms with van der Waals surface area (Å²) in [6, 6.07) is 17.3. The molecule has 27 heavy (non-hydrogen) atoms. The van der Waals surface area contributed by atoms with Gasteiger partial charge < -0.3 is 14.6 Å². The topological polar surface area (TPSA) is 43.3 Å². The number of benzene rings is 2. The van der Waals surface area contributed by atoms with Gasteiger partial charge in [-0.15, -0.1) is 0 Å². The SMILES string of the molecule is CCCNC(=O)c1cc(-c2ccc(OC)cc2)n(-c2ccccc2Cl)c1C. The first-order chi connectivity index (χ1) is 13.1. The van der Waals surface area contributed by atoms with Crippen LogP contribution in [0.5, 0.6) is 5.75 Å². The van der Waals surface area contributed by atoms with Crippen molar-refractivity contribution in [3.05, 3.63) is 70.9 Å². The van der Waals surface area contributed by atoms with Crippen molar-refractivity contribution in [2.45, 2.75) is 20.3 Å². The predicted molar refractivity (Wildman–Crippen MR) is 110 cm³/mol. The van der Waals surface area contributed by atoms with Crippen LogP contribution >= 0.6 is 11.6 Å². The van der Waals surface area contributed by atoms with Crippen molar-refractivity contribution in [2.24, 2.45) is 0 Å². The van der Waals surface area contributed by atoms with Crippen LogP contribution in [0.1, 0.15) is 29.4 Å². The standard InChI is InChI=1S/C22H23ClN2O2/c1-4-13-24-22(26)18-14-21(16-9-11-17(27-3)12-10-16)25(15(18)2)20-8-6-5-7-19(20)23/h5-12,14H,4,13H2,1-3H3,(H,24,26). The summed E-state index contributed by atoms with van der Waals surface area (Å²) in [5, 5.41) is 3.59. The maximum Gasteiger partial charge on any atom is 0.253 e. The summed E-state index contributed by atoms with van der Waals surface area (Å²) >= 11 is 6.47. The number of nitrogens with one attached hydrogen (secondary N) is 1. The van der Waals surface area contributed by atoms with E-state index < -0.39 is 0 Å². The molecule has 0 spiro atoms.